The fourth-order valence-electron chi connectivity index (χ4n) is 2.55. The first kappa shape index (κ1) is 25.4. The minimum atomic E-state index is -4.37. The van der Waals surface area contributed by atoms with E-state index >= 15 is 0 Å². The summed E-state index contributed by atoms with van der Waals surface area (Å²) in [4.78, 5) is 11.4. The van der Waals surface area contributed by atoms with Crippen LogP contribution in [0.25, 0.3) is 15.7 Å². The molecule has 2 N–H and O–H groups in total. The Bertz CT molecular complexity index is 1070. The van der Waals surface area contributed by atoms with Crippen LogP contribution in [0.4, 0.5) is 19.0 Å². The van der Waals surface area contributed by atoms with Gasteiger partial charge in [0.15, 0.2) is 0 Å². The van der Waals surface area contributed by atoms with Gasteiger partial charge in [-0.1, -0.05) is 37.4 Å². The van der Waals surface area contributed by atoms with Crippen LogP contribution >= 0.6 is 22.9 Å². The molecule has 0 atom stereocenters. The van der Waals surface area contributed by atoms with Crippen molar-refractivity contribution in [3.63, 3.8) is 0 Å². The number of carbonyl (C=O) groups excluding carboxylic acids is 1. The van der Waals surface area contributed by atoms with Crippen molar-refractivity contribution in [1.82, 2.24) is 9.69 Å². The van der Waals surface area contributed by atoms with Crippen LogP contribution in [0.3, 0.4) is 0 Å². The smallest absolute Gasteiger partial charge is 0.369 e. The quantitative estimate of drug-likeness (QED) is 0.280. The summed E-state index contributed by atoms with van der Waals surface area (Å²) >= 11 is 2.85. The molecule has 0 saturated carbocycles. The first-order valence-electron chi connectivity index (χ1n) is 9.69. The molecule has 0 radical (unpaired) electrons. The van der Waals surface area contributed by atoms with Crippen LogP contribution in [-0.4, -0.2) is 29.5 Å². The molecule has 32 heavy (non-hydrogen) atoms. The van der Waals surface area contributed by atoms with Gasteiger partial charge in [0.25, 0.3) is 0 Å². The lowest BCUT2D eigenvalue weighted by Crippen LogP contribution is -2.22. The molecule has 0 bridgehead atoms. The summed E-state index contributed by atoms with van der Waals surface area (Å²) in [5.74, 6) is 0.956. The largest absolute Gasteiger partial charge is 0.416 e. The Kier molecular flexibility index (Phi) is 9.67. The minimum Gasteiger partial charge on any atom is -0.369 e. The highest BCUT2D eigenvalue weighted by Gasteiger charge is 2.31. The van der Waals surface area contributed by atoms with Crippen molar-refractivity contribution in [1.29, 1.82) is 0 Å². The number of alkyl halides is 3. The van der Waals surface area contributed by atoms with E-state index in [4.69, 9.17) is 0 Å². The summed E-state index contributed by atoms with van der Waals surface area (Å²) in [5.41, 5.74) is -0.432. The number of rotatable bonds is 8. The maximum absolute atomic E-state index is 12.3. The summed E-state index contributed by atoms with van der Waals surface area (Å²) in [6.45, 7) is 9.76. The van der Waals surface area contributed by atoms with Crippen LogP contribution < -0.4 is 10.6 Å². The number of thiophene rings is 1. The molecule has 4 nitrogen and oxygen atoms in total. The molecule has 0 fully saturated rings. The van der Waals surface area contributed by atoms with E-state index in [1.54, 1.807) is 17.5 Å². The first-order valence-corrected chi connectivity index (χ1v) is 11.3. The zero-order valence-electron chi connectivity index (χ0n) is 17.5. The van der Waals surface area contributed by atoms with Crippen molar-refractivity contribution in [2.75, 3.05) is 18.4 Å². The van der Waals surface area contributed by atoms with E-state index < -0.39 is 11.7 Å². The highest BCUT2D eigenvalue weighted by atomic mass is 32.1. The topological polar surface area (TPSA) is 54.0 Å². The molecule has 9 heteroatoms. The van der Waals surface area contributed by atoms with Gasteiger partial charge in [-0.15, -0.1) is 11.3 Å². The van der Waals surface area contributed by atoms with Gasteiger partial charge in [-0.25, -0.2) is 0 Å². The Hall–Kier alpha value is -2.91. The van der Waals surface area contributed by atoms with Gasteiger partial charge < -0.3 is 10.6 Å². The van der Waals surface area contributed by atoms with Gasteiger partial charge in [0.05, 0.1) is 10.3 Å². The monoisotopic (exact) mass is 479 g/mol. The number of aromatic nitrogens is 1. The zero-order valence-corrected chi connectivity index (χ0v) is 19.2. The molecule has 2 aromatic heterocycles. The van der Waals surface area contributed by atoms with Crippen molar-refractivity contribution in [2.45, 2.75) is 19.5 Å². The molecule has 0 aliphatic carbocycles. The summed E-state index contributed by atoms with van der Waals surface area (Å²) in [5, 5.41) is 9.01. The predicted molar refractivity (Wildman–Crippen MR) is 129 cm³/mol. The Balaban J connectivity index is 0.000000229. The minimum absolute atomic E-state index is 0.0177. The maximum atomic E-state index is 12.3. The van der Waals surface area contributed by atoms with Gasteiger partial charge in [0, 0.05) is 30.3 Å². The van der Waals surface area contributed by atoms with Crippen molar-refractivity contribution < 1.29 is 18.0 Å². The second-order valence-corrected chi connectivity index (χ2v) is 8.35. The van der Waals surface area contributed by atoms with Crippen molar-refractivity contribution in [3.8, 4) is 0 Å². The number of fused-ring (bicyclic) bond motifs is 1. The van der Waals surface area contributed by atoms with Crippen molar-refractivity contribution in [2.24, 2.45) is 0 Å². The first-order chi connectivity index (χ1) is 15.2. The Morgan fingerprint density at radius 2 is 1.94 bits per heavy atom. The molecule has 1 amide bonds. The van der Waals surface area contributed by atoms with Gasteiger partial charge in [-0.2, -0.15) is 17.5 Å². The Labute approximate surface area is 193 Å². The summed E-state index contributed by atoms with van der Waals surface area (Å²) in [6, 6.07) is 11.6. The lowest BCUT2D eigenvalue weighted by Gasteiger charge is -2.07. The number of nitrogens with one attached hydrogen (secondary N) is 2. The van der Waals surface area contributed by atoms with Gasteiger partial charge in [0.1, 0.15) is 5.82 Å². The number of anilines is 1. The normalized spacial score (nSPS) is 11.4. The predicted octanol–water partition coefficient (Wildman–Crippen LogP) is 6.67. The zero-order chi connectivity index (χ0) is 23.6. The van der Waals surface area contributed by atoms with E-state index in [1.165, 1.54) is 34.5 Å². The van der Waals surface area contributed by atoms with E-state index in [0.717, 1.165) is 41.2 Å². The SMILES string of the molecule is C=C/C(=C\C(=C)c1cccs1)C(F)(F)F.CC(=O)NCCCNc1nsc2ccccc12. The summed E-state index contributed by atoms with van der Waals surface area (Å²) in [6.07, 6.45) is -1.69. The standard InChI is InChI=1S/C12H15N3OS.C11H9F3S/c1-9(16)13-7-4-8-14-12-10-5-2-3-6-11(10)17-15-12;1-3-9(11(12,13)14)7-8(2)10-5-4-6-15-10/h2-3,5-6H,4,7-8H2,1H3,(H,13,16)(H,14,15);3-7H,1-2H2/b;9-7+. The molecular weight excluding hydrogens is 455 g/mol. The molecule has 0 saturated heterocycles. The molecule has 0 aliphatic heterocycles. The third-order valence-corrected chi connectivity index (χ3v) is 5.88. The Morgan fingerprint density at radius 3 is 2.56 bits per heavy atom. The van der Waals surface area contributed by atoms with Crippen LogP contribution in [0, 0.1) is 0 Å². The highest BCUT2D eigenvalue weighted by Crippen LogP contribution is 2.30. The van der Waals surface area contributed by atoms with Crippen molar-refractivity contribution in [3.05, 3.63) is 77.5 Å². The average Bonchev–Trinajstić information content (AvgIpc) is 3.41. The number of carbonyl (C=O) groups is 1. The summed E-state index contributed by atoms with van der Waals surface area (Å²) in [7, 11) is 0. The number of hydrogen-bond donors (Lipinski definition) is 2. The number of nitrogens with zero attached hydrogens (tertiary/aromatic N) is 1. The number of benzene rings is 1. The molecule has 0 unspecified atom stereocenters. The second kappa shape index (κ2) is 12.2. The number of allylic oxidation sites excluding steroid dienone is 4. The summed E-state index contributed by atoms with van der Waals surface area (Å²) < 4.78 is 42.6. The highest BCUT2D eigenvalue weighted by molar-refractivity contribution is 7.13. The van der Waals surface area contributed by atoms with Gasteiger partial charge in [-0.3, -0.25) is 4.79 Å². The molecule has 0 aliphatic rings. The number of hydrogen-bond acceptors (Lipinski definition) is 5. The molecule has 170 valence electrons. The van der Waals surface area contributed by atoms with Gasteiger partial charge >= 0.3 is 6.18 Å². The van der Waals surface area contributed by atoms with E-state index in [0.29, 0.717) is 12.1 Å². The molecule has 1 aromatic carbocycles. The van der Waals surface area contributed by atoms with Gasteiger partial charge in [-0.05, 0) is 53.2 Å². The van der Waals surface area contributed by atoms with E-state index in [2.05, 4.69) is 40.3 Å². The lowest BCUT2D eigenvalue weighted by atomic mass is 10.1. The molecule has 2 heterocycles. The maximum Gasteiger partial charge on any atom is 0.416 e. The average molecular weight is 480 g/mol. The van der Waals surface area contributed by atoms with Crippen LogP contribution in [0.1, 0.15) is 18.2 Å². The van der Waals surface area contributed by atoms with Crippen LogP contribution in [0.15, 0.2) is 72.7 Å². The fourth-order valence-corrected chi connectivity index (χ4v) is 3.98. The van der Waals surface area contributed by atoms with Crippen LogP contribution in [-0.2, 0) is 4.79 Å². The number of amides is 1. The van der Waals surface area contributed by atoms with E-state index in [9.17, 15) is 18.0 Å². The number of halogens is 3. The molecule has 3 aromatic rings. The fraction of sp³-hybridized carbons (Fsp3) is 0.217. The van der Waals surface area contributed by atoms with Gasteiger partial charge in [0.2, 0.25) is 5.91 Å². The molecule has 0 spiro atoms. The van der Waals surface area contributed by atoms with E-state index in [-0.39, 0.29) is 5.91 Å². The third kappa shape index (κ3) is 7.97. The Morgan fingerprint density at radius 1 is 1.19 bits per heavy atom. The lowest BCUT2D eigenvalue weighted by molar-refractivity contribution is -0.118. The van der Waals surface area contributed by atoms with Crippen molar-refractivity contribution >= 4 is 50.3 Å². The van der Waals surface area contributed by atoms with Crippen LogP contribution in [0.5, 0.6) is 0 Å². The second-order valence-electron chi connectivity index (χ2n) is 6.59. The molecule has 3 rings (SSSR count). The third-order valence-electron chi connectivity index (χ3n) is 4.11. The molecular formula is C23H24F3N3OS2. The van der Waals surface area contributed by atoms with Crippen LogP contribution in [0.2, 0.25) is 0 Å². The van der Waals surface area contributed by atoms with E-state index in [1.807, 2.05) is 12.1 Å².